The van der Waals surface area contributed by atoms with Crippen molar-refractivity contribution in [3.8, 4) is 10.4 Å². The normalized spacial score (nSPS) is 13.5. The number of nitrogens with zero attached hydrogens (tertiary/aromatic N) is 3. The Hall–Kier alpha value is -2.42. The average molecular weight is 374 g/mol. The Bertz CT molecular complexity index is 943. The summed E-state index contributed by atoms with van der Waals surface area (Å²) in [5.41, 5.74) is 1.58. The van der Waals surface area contributed by atoms with E-state index in [0.29, 0.717) is 11.0 Å². The summed E-state index contributed by atoms with van der Waals surface area (Å²) in [4.78, 5) is 13.1. The van der Waals surface area contributed by atoms with Crippen molar-refractivity contribution in [1.82, 2.24) is 15.0 Å². The fourth-order valence-corrected chi connectivity index (χ4v) is 3.30. The van der Waals surface area contributed by atoms with Gasteiger partial charge >= 0.3 is 0 Å². The molecule has 0 aliphatic heterocycles. The average Bonchev–Trinajstić information content (AvgIpc) is 3.09. The highest BCUT2D eigenvalue weighted by molar-refractivity contribution is 7.15. The Morgan fingerprint density at radius 2 is 1.96 bits per heavy atom. The molecule has 0 bridgehead atoms. The zero-order valence-electron chi connectivity index (χ0n) is 14.6. The molecule has 26 heavy (non-hydrogen) atoms. The molecule has 0 aliphatic carbocycles. The molecular formula is C18H19FN4O2S. The quantitative estimate of drug-likeness (QED) is 0.635. The maximum absolute atomic E-state index is 13.3. The molecule has 136 valence electrons. The standard InChI is InChI=1S/C18H19FN4O2S/c1-10-4-12(15-8-20-16(26-15)18(3,25)9-24)6-13(5-10)23-17-21-7-14(19)11(2)22-17/h4-8,24-25H,9H2,1-3H3,(H,21,22,23)/t18-/m0/s1. The number of nitrogens with one attached hydrogen (secondary N) is 1. The minimum absolute atomic E-state index is 0.272. The molecule has 0 aliphatic rings. The van der Waals surface area contributed by atoms with E-state index in [4.69, 9.17) is 0 Å². The van der Waals surface area contributed by atoms with Crippen LogP contribution in [0.4, 0.5) is 16.0 Å². The van der Waals surface area contributed by atoms with Gasteiger partial charge in [0.15, 0.2) is 5.82 Å². The van der Waals surface area contributed by atoms with Gasteiger partial charge in [-0.05, 0) is 44.0 Å². The lowest BCUT2D eigenvalue weighted by molar-refractivity contribution is -0.00244. The Morgan fingerprint density at radius 1 is 1.19 bits per heavy atom. The van der Waals surface area contributed by atoms with Crippen molar-refractivity contribution in [3.63, 3.8) is 0 Å². The van der Waals surface area contributed by atoms with Crippen LogP contribution in [0.2, 0.25) is 0 Å². The number of hydrogen-bond donors (Lipinski definition) is 3. The minimum Gasteiger partial charge on any atom is -0.393 e. The molecule has 0 saturated carbocycles. The van der Waals surface area contributed by atoms with E-state index in [1.165, 1.54) is 18.3 Å². The number of benzene rings is 1. The first-order valence-corrected chi connectivity index (χ1v) is 8.78. The predicted molar refractivity (Wildman–Crippen MR) is 99.0 cm³/mol. The maximum Gasteiger partial charge on any atom is 0.227 e. The zero-order chi connectivity index (χ0) is 18.9. The topological polar surface area (TPSA) is 91.2 Å². The van der Waals surface area contributed by atoms with E-state index in [1.54, 1.807) is 13.1 Å². The lowest BCUT2D eigenvalue weighted by Crippen LogP contribution is -2.25. The lowest BCUT2D eigenvalue weighted by atomic mass is 10.1. The number of anilines is 2. The Kier molecular flexibility index (Phi) is 4.99. The van der Waals surface area contributed by atoms with Gasteiger partial charge < -0.3 is 15.5 Å². The largest absolute Gasteiger partial charge is 0.393 e. The molecule has 0 spiro atoms. The summed E-state index contributed by atoms with van der Waals surface area (Å²) in [6.45, 7) is 4.65. The van der Waals surface area contributed by atoms with Gasteiger partial charge in [-0.1, -0.05) is 6.07 Å². The van der Waals surface area contributed by atoms with Crippen molar-refractivity contribution in [2.45, 2.75) is 26.4 Å². The molecule has 8 heteroatoms. The molecule has 0 unspecified atom stereocenters. The third kappa shape index (κ3) is 3.87. The molecule has 6 nitrogen and oxygen atoms in total. The zero-order valence-corrected chi connectivity index (χ0v) is 15.4. The Morgan fingerprint density at radius 3 is 2.65 bits per heavy atom. The number of aliphatic hydroxyl groups is 2. The van der Waals surface area contributed by atoms with Crippen LogP contribution in [0.1, 0.15) is 23.2 Å². The van der Waals surface area contributed by atoms with Crippen LogP contribution in [0.25, 0.3) is 10.4 Å². The molecule has 1 atom stereocenters. The van der Waals surface area contributed by atoms with Crippen LogP contribution in [0.5, 0.6) is 0 Å². The second-order valence-corrected chi connectivity index (χ2v) is 7.33. The van der Waals surface area contributed by atoms with Crippen LogP contribution in [0, 0.1) is 19.7 Å². The summed E-state index contributed by atoms with van der Waals surface area (Å²) in [6, 6.07) is 5.82. The molecule has 0 amide bonds. The summed E-state index contributed by atoms with van der Waals surface area (Å²) in [5.74, 6) is -0.137. The fraction of sp³-hybridized carbons (Fsp3) is 0.278. The second-order valence-electron chi connectivity index (χ2n) is 6.30. The molecule has 3 N–H and O–H groups in total. The van der Waals surface area contributed by atoms with Gasteiger partial charge in [0.25, 0.3) is 0 Å². The highest BCUT2D eigenvalue weighted by Gasteiger charge is 2.26. The first-order chi connectivity index (χ1) is 12.3. The number of thiazole rings is 1. The number of aromatic nitrogens is 3. The van der Waals surface area contributed by atoms with Crippen LogP contribution in [0.3, 0.4) is 0 Å². The van der Waals surface area contributed by atoms with Crippen LogP contribution < -0.4 is 5.32 Å². The van der Waals surface area contributed by atoms with Crippen molar-refractivity contribution < 1.29 is 14.6 Å². The minimum atomic E-state index is -1.37. The lowest BCUT2D eigenvalue weighted by Gasteiger charge is -2.16. The molecule has 0 fully saturated rings. The highest BCUT2D eigenvalue weighted by atomic mass is 32.1. The number of halogens is 1. The maximum atomic E-state index is 13.3. The van der Waals surface area contributed by atoms with Crippen LogP contribution in [-0.4, -0.2) is 31.8 Å². The fourth-order valence-electron chi connectivity index (χ4n) is 2.36. The predicted octanol–water partition coefficient (Wildman–Crippen LogP) is 3.30. The van der Waals surface area contributed by atoms with Gasteiger partial charge in [-0.25, -0.2) is 19.3 Å². The van der Waals surface area contributed by atoms with E-state index in [9.17, 15) is 14.6 Å². The van der Waals surface area contributed by atoms with Crippen LogP contribution in [-0.2, 0) is 5.60 Å². The SMILES string of the molecule is Cc1cc(Nc2ncc(F)c(C)n2)cc(-c2cnc([C@@](C)(O)CO)s2)c1. The smallest absolute Gasteiger partial charge is 0.227 e. The monoisotopic (exact) mass is 374 g/mol. The number of aliphatic hydroxyl groups excluding tert-OH is 1. The number of hydrogen-bond acceptors (Lipinski definition) is 7. The van der Waals surface area contributed by atoms with Gasteiger partial charge in [-0.3, -0.25) is 0 Å². The third-order valence-electron chi connectivity index (χ3n) is 3.81. The van der Waals surface area contributed by atoms with Gasteiger partial charge in [0, 0.05) is 11.9 Å². The highest BCUT2D eigenvalue weighted by Crippen LogP contribution is 2.33. The van der Waals surface area contributed by atoms with Crippen molar-refractivity contribution in [3.05, 3.63) is 52.7 Å². The molecule has 3 aromatic rings. The van der Waals surface area contributed by atoms with Crippen LogP contribution in [0.15, 0.2) is 30.6 Å². The summed E-state index contributed by atoms with van der Waals surface area (Å²) < 4.78 is 13.3. The van der Waals surface area contributed by atoms with E-state index < -0.39 is 18.0 Å². The molecule has 1 aromatic carbocycles. The first kappa shape index (κ1) is 18.4. The van der Waals surface area contributed by atoms with Crippen molar-refractivity contribution in [1.29, 1.82) is 0 Å². The third-order valence-corrected chi connectivity index (χ3v) is 5.11. The summed E-state index contributed by atoms with van der Waals surface area (Å²) in [5, 5.41) is 23.0. The Labute approximate surface area is 154 Å². The van der Waals surface area contributed by atoms with Gasteiger partial charge in [0.05, 0.1) is 23.4 Å². The Balaban J connectivity index is 1.91. The van der Waals surface area contributed by atoms with Crippen LogP contribution >= 0.6 is 11.3 Å². The number of aryl methyl sites for hydroxylation is 2. The van der Waals surface area contributed by atoms with E-state index in [-0.39, 0.29) is 5.69 Å². The molecule has 0 saturated heterocycles. The van der Waals surface area contributed by atoms with Crippen molar-refractivity contribution in [2.75, 3.05) is 11.9 Å². The summed E-state index contributed by atoms with van der Waals surface area (Å²) in [6.07, 6.45) is 2.80. The van der Waals surface area contributed by atoms with E-state index in [2.05, 4.69) is 20.3 Å². The molecular weight excluding hydrogens is 355 g/mol. The van der Waals surface area contributed by atoms with Crippen molar-refractivity contribution >= 4 is 23.0 Å². The van der Waals surface area contributed by atoms with Gasteiger partial charge in [0.2, 0.25) is 5.95 Å². The summed E-state index contributed by atoms with van der Waals surface area (Å²) in [7, 11) is 0. The van der Waals surface area contributed by atoms with Gasteiger partial charge in [0.1, 0.15) is 10.6 Å². The molecule has 2 aromatic heterocycles. The molecule has 3 rings (SSSR count). The second kappa shape index (κ2) is 7.06. The van der Waals surface area contributed by atoms with E-state index in [0.717, 1.165) is 27.9 Å². The van der Waals surface area contributed by atoms with E-state index in [1.807, 2.05) is 25.1 Å². The van der Waals surface area contributed by atoms with Crippen molar-refractivity contribution in [2.24, 2.45) is 0 Å². The summed E-state index contributed by atoms with van der Waals surface area (Å²) >= 11 is 1.32. The van der Waals surface area contributed by atoms with Gasteiger partial charge in [-0.2, -0.15) is 0 Å². The van der Waals surface area contributed by atoms with Gasteiger partial charge in [-0.15, -0.1) is 11.3 Å². The number of rotatable bonds is 5. The molecule has 0 radical (unpaired) electrons. The van der Waals surface area contributed by atoms with E-state index >= 15 is 0 Å². The first-order valence-electron chi connectivity index (χ1n) is 7.96. The molecule has 2 heterocycles.